The number of hydrogen-bond donors (Lipinski definition) is 1. The fourth-order valence-corrected chi connectivity index (χ4v) is 3.93. The van der Waals surface area contributed by atoms with E-state index in [9.17, 15) is 13.2 Å². The first-order valence-electron chi connectivity index (χ1n) is 6.73. The summed E-state index contributed by atoms with van der Waals surface area (Å²) in [6.07, 6.45) is 1.63. The summed E-state index contributed by atoms with van der Waals surface area (Å²) in [5.74, 6) is 1.02. The van der Waals surface area contributed by atoms with Crippen LogP contribution in [0.4, 0.5) is 5.69 Å². The molecular formula is C15H12N2O4S3. The Bertz CT molecular complexity index is 959. The number of hydrogen-bond acceptors (Lipinski definition) is 6. The van der Waals surface area contributed by atoms with Crippen molar-refractivity contribution in [2.75, 3.05) is 4.90 Å². The molecule has 0 radical (unpaired) electrons. The number of primary sulfonamides is 1. The second kappa shape index (κ2) is 6.17. The molecule has 0 aliphatic carbocycles. The van der Waals surface area contributed by atoms with Crippen molar-refractivity contribution in [3.63, 3.8) is 0 Å². The van der Waals surface area contributed by atoms with Gasteiger partial charge in [-0.25, -0.2) is 13.6 Å². The van der Waals surface area contributed by atoms with Crippen molar-refractivity contribution >= 4 is 56.0 Å². The van der Waals surface area contributed by atoms with Gasteiger partial charge in [-0.1, -0.05) is 24.0 Å². The van der Waals surface area contributed by atoms with Gasteiger partial charge in [-0.15, -0.1) is 0 Å². The third-order valence-corrected chi connectivity index (χ3v) is 5.48. The molecule has 1 aromatic heterocycles. The zero-order valence-electron chi connectivity index (χ0n) is 12.4. The number of sulfonamides is 1. The highest BCUT2D eigenvalue weighted by molar-refractivity contribution is 8.27. The molecule has 2 aromatic rings. The summed E-state index contributed by atoms with van der Waals surface area (Å²) < 4.78 is 28.4. The van der Waals surface area contributed by atoms with E-state index in [1.165, 1.54) is 29.2 Å². The zero-order valence-corrected chi connectivity index (χ0v) is 14.9. The van der Waals surface area contributed by atoms with E-state index in [1.54, 1.807) is 18.2 Å². The first kappa shape index (κ1) is 16.9. The van der Waals surface area contributed by atoms with E-state index < -0.39 is 10.0 Å². The van der Waals surface area contributed by atoms with Crippen molar-refractivity contribution in [3.05, 3.63) is 52.8 Å². The summed E-state index contributed by atoms with van der Waals surface area (Å²) in [4.78, 5) is 14.3. The lowest BCUT2D eigenvalue weighted by molar-refractivity contribution is -0.113. The van der Waals surface area contributed by atoms with Gasteiger partial charge < -0.3 is 4.42 Å². The van der Waals surface area contributed by atoms with Gasteiger partial charge in [-0.3, -0.25) is 9.69 Å². The molecule has 0 spiro atoms. The predicted molar refractivity (Wildman–Crippen MR) is 96.9 cm³/mol. The first-order chi connectivity index (χ1) is 11.3. The highest BCUT2D eigenvalue weighted by Crippen LogP contribution is 2.36. The monoisotopic (exact) mass is 380 g/mol. The number of aryl methyl sites for hydroxylation is 1. The number of thioether (sulfide) groups is 1. The molecule has 24 heavy (non-hydrogen) atoms. The molecule has 1 aliphatic rings. The SMILES string of the molecule is Cc1ccc(/C=C2\SC(=S)N(c3ccc(S(N)(=O)=O)cc3)C2=O)o1. The average molecular weight is 380 g/mol. The Morgan fingerprint density at radius 2 is 1.88 bits per heavy atom. The van der Waals surface area contributed by atoms with Crippen LogP contribution >= 0.6 is 24.0 Å². The Hall–Kier alpha value is -1.94. The van der Waals surface area contributed by atoms with Crippen LogP contribution in [0.2, 0.25) is 0 Å². The Balaban J connectivity index is 1.91. The van der Waals surface area contributed by atoms with Crippen molar-refractivity contribution in [2.45, 2.75) is 11.8 Å². The number of amides is 1. The number of carbonyl (C=O) groups excluding carboxylic acids is 1. The summed E-state index contributed by atoms with van der Waals surface area (Å²) in [7, 11) is -3.78. The molecule has 1 amide bonds. The van der Waals surface area contributed by atoms with Gasteiger partial charge in [0, 0.05) is 6.08 Å². The maximum Gasteiger partial charge on any atom is 0.270 e. The number of nitrogens with zero attached hydrogens (tertiary/aromatic N) is 1. The van der Waals surface area contributed by atoms with Gasteiger partial charge >= 0.3 is 0 Å². The Labute approximate surface area is 148 Å². The number of furan rings is 1. The van der Waals surface area contributed by atoms with E-state index in [2.05, 4.69) is 0 Å². The van der Waals surface area contributed by atoms with Crippen LogP contribution in [-0.4, -0.2) is 18.6 Å². The number of nitrogens with two attached hydrogens (primary N) is 1. The van der Waals surface area contributed by atoms with E-state index in [0.717, 1.165) is 17.5 Å². The smallest absolute Gasteiger partial charge is 0.270 e. The molecular weight excluding hydrogens is 368 g/mol. The van der Waals surface area contributed by atoms with Crippen molar-refractivity contribution in [1.29, 1.82) is 0 Å². The van der Waals surface area contributed by atoms with Gasteiger partial charge in [-0.05, 0) is 43.3 Å². The third-order valence-electron chi connectivity index (χ3n) is 3.25. The summed E-state index contributed by atoms with van der Waals surface area (Å²) in [5, 5.41) is 5.07. The fourth-order valence-electron chi connectivity index (χ4n) is 2.14. The number of anilines is 1. The molecule has 3 rings (SSSR count). The van der Waals surface area contributed by atoms with Crippen molar-refractivity contribution in [2.24, 2.45) is 5.14 Å². The second-order valence-corrected chi connectivity index (χ2v) is 8.24. The highest BCUT2D eigenvalue weighted by atomic mass is 32.2. The molecule has 0 unspecified atom stereocenters. The summed E-state index contributed by atoms with van der Waals surface area (Å²) >= 11 is 6.41. The van der Waals surface area contributed by atoms with Crippen LogP contribution in [-0.2, 0) is 14.8 Å². The van der Waals surface area contributed by atoms with Crippen LogP contribution in [0.5, 0.6) is 0 Å². The summed E-state index contributed by atoms with van der Waals surface area (Å²) in [5.41, 5.74) is 0.476. The predicted octanol–water partition coefficient (Wildman–Crippen LogP) is 2.64. The average Bonchev–Trinajstić information content (AvgIpc) is 3.02. The van der Waals surface area contributed by atoms with E-state index in [4.69, 9.17) is 21.8 Å². The third kappa shape index (κ3) is 3.29. The van der Waals surface area contributed by atoms with Crippen LogP contribution in [0.15, 0.2) is 50.6 Å². The van der Waals surface area contributed by atoms with Crippen molar-refractivity contribution in [1.82, 2.24) is 0 Å². The molecule has 1 aromatic carbocycles. The molecule has 1 saturated heterocycles. The number of benzene rings is 1. The summed E-state index contributed by atoms with van der Waals surface area (Å²) in [6.45, 7) is 1.82. The first-order valence-corrected chi connectivity index (χ1v) is 9.50. The Morgan fingerprint density at radius 3 is 2.42 bits per heavy atom. The Morgan fingerprint density at radius 1 is 1.21 bits per heavy atom. The van der Waals surface area contributed by atoms with Gasteiger partial charge in [0.25, 0.3) is 5.91 Å². The highest BCUT2D eigenvalue weighted by Gasteiger charge is 2.33. The molecule has 6 nitrogen and oxygen atoms in total. The quantitative estimate of drug-likeness (QED) is 0.650. The largest absolute Gasteiger partial charge is 0.462 e. The van der Waals surface area contributed by atoms with Crippen molar-refractivity contribution < 1.29 is 17.6 Å². The minimum atomic E-state index is -3.78. The number of carbonyl (C=O) groups is 1. The molecule has 0 saturated carbocycles. The van der Waals surface area contributed by atoms with Crippen LogP contribution in [0, 0.1) is 6.92 Å². The van der Waals surface area contributed by atoms with Crippen LogP contribution in [0.25, 0.3) is 6.08 Å². The van der Waals surface area contributed by atoms with Gasteiger partial charge in [0.2, 0.25) is 10.0 Å². The second-order valence-electron chi connectivity index (χ2n) is 5.00. The van der Waals surface area contributed by atoms with E-state index >= 15 is 0 Å². The van der Waals surface area contributed by atoms with Gasteiger partial charge in [0.1, 0.15) is 11.5 Å². The molecule has 2 N–H and O–H groups in total. The minimum absolute atomic E-state index is 0.0294. The standard InChI is InChI=1S/C15H12N2O4S3/c1-9-2-5-11(21-9)8-13-14(18)17(15(22)23-13)10-3-6-12(7-4-10)24(16,19)20/h2-8H,1H3,(H2,16,19,20)/b13-8-. The van der Waals surface area contributed by atoms with E-state index in [-0.39, 0.29) is 10.8 Å². The van der Waals surface area contributed by atoms with Crippen molar-refractivity contribution in [3.8, 4) is 0 Å². The summed E-state index contributed by atoms with van der Waals surface area (Å²) in [6, 6.07) is 9.22. The fraction of sp³-hybridized carbons (Fsp3) is 0.0667. The molecule has 2 heterocycles. The number of rotatable bonds is 3. The topological polar surface area (TPSA) is 93.6 Å². The lowest BCUT2D eigenvalue weighted by atomic mass is 10.3. The van der Waals surface area contributed by atoms with Gasteiger partial charge in [-0.2, -0.15) is 0 Å². The lowest BCUT2D eigenvalue weighted by Crippen LogP contribution is -2.27. The minimum Gasteiger partial charge on any atom is -0.462 e. The molecule has 1 fully saturated rings. The molecule has 0 bridgehead atoms. The van der Waals surface area contributed by atoms with E-state index in [0.29, 0.717) is 20.7 Å². The van der Waals surface area contributed by atoms with Crippen LogP contribution < -0.4 is 10.0 Å². The lowest BCUT2D eigenvalue weighted by Gasteiger charge is -2.14. The van der Waals surface area contributed by atoms with Gasteiger partial charge in [0.05, 0.1) is 15.5 Å². The number of thiocarbonyl (C=S) groups is 1. The van der Waals surface area contributed by atoms with Gasteiger partial charge in [0.15, 0.2) is 4.32 Å². The molecule has 9 heteroatoms. The zero-order chi connectivity index (χ0) is 17.5. The molecule has 124 valence electrons. The van der Waals surface area contributed by atoms with E-state index in [1.807, 2.05) is 6.92 Å². The Kier molecular flexibility index (Phi) is 4.35. The normalized spacial score (nSPS) is 17.1. The molecule has 1 aliphatic heterocycles. The maximum absolute atomic E-state index is 12.6. The van der Waals surface area contributed by atoms with Crippen LogP contribution in [0.1, 0.15) is 11.5 Å². The van der Waals surface area contributed by atoms with Crippen LogP contribution in [0.3, 0.4) is 0 Å². The molecule has 0 atom stereocenters. The maximum atomic E-state index is 12.6.